The van der Waals surface area contributed by atoms with E-state index in [0.29, 0.717) is 18.0 Å². The van der Waals surface area contributed by atoms with Gasteiger partial charge in [0.15, 0.2) is 5.22 Å². The van der Waals surface area contributed by atoms with E-state index < -0.39 is 6.10 Å². The number of hydrogen-bond donors (Lipinski definition) is 1. The van der Waals surface area contributed by atoms with Gasteiger partial charge in [-0.1, -0.05) is 0 Å². The second-order valence-electron chi connectivity index (χ2n) is 4.25. The Morgan fingerprint density at radius 3 is 2.76 bits per heavy atom. The van der Waals surface area contributed by atoms with E-state index in [9.17, 15) is 5.11 Å². The van der Waals surface area contributed by atoms with E-state index in [-0.39, 0.29) is 5.22 Å². The quantitative estimate of drug-likeness (QED) is 0.913. The van der Waals surface area contributed by atoms with Gasteiger partial charge in [0, 0.05) is 24.2 Å². The number of aliphatic hydroxyl groups is 1. The van der Waals surface area contributed by atoms with Crippen LogP contribution in [0, 0.1) is 0 Å². The lowest BCUT2D eigenvalue weighted by molar-refractivity contribution is 0.176. The Kier molecular flexibility index (Phi) is 3.54. The molecule has 1 atom stereocenters. The molecular weight excluding hydrogens is 240 g/mol. The molecule has 0 amide bonds. The summed E-state index contributed by atoms with van der Waals surface area (Å²) in [5.41, 5.74) is 1.44. The highest BCUT2D eigenvalue weighted by Crippen LogP contribution is 2.26. The summed E-state index contributed by atoms with van der Waals surface area (Å²) in [5, 5.41) is 14.6. The maximum absolute atomic E-state index is 10.00. The highest BCUT2D eigenvalue weighted by Gasteiger charge is 2.16. The van der Waals surface area contributed by atoms with Gasteiger partial charge in [0.1, 0.15) is 0 Å². The molecule has 2 heterocycles. The predicted octanol–water partition coefficient (Wildman–Crippen LogP) is 2.99. The minimum atomic E-state index is -0.684. The van der Waals surface area contributed by atoms with Gasteiger partial charge in [0.05, 0.1) is 18.1 Å². The van der Waals surface area contributed by atoms with Gasteiger partial charge in [-0.05, 0) is 37.6 Å². The first kappa shape index (κ1) is 12.2. The van der Waals surface area contributed by atoms with Crippen molar-refractivity contribution < 1.29 is 9.52 Å². The molecule has 0 aliphatic rings. The zero-order valence-corrected chi connectivity index (χ0v) is 10.6. The number of aromatic nitrogens is 2. The number of rotatable bonds is 4. The molecule has 0 spiro atoms. The molecule has 4 nitrogen and oxygen atoms in total. The van der Waals surface area contributed by atoms with Gasteiger partial charge in [0.2, 0.25) is 0 Å². The van der Waals surface area contributed by atoms with Crippen LogP contribution in [0.4, 0.5) is 0 Å². The lowest BCUT2D eigenvalue weighted by atomic mass is 10.1. The molecule has 0 aliphatic heterocycles. The number of aliphatic hydroxyl groups excluding tert-OH is 1. The zero-order chi connectivity index (χ0) is 12.4. The number of hydrogen-bond acceptors (Lipinski definition) is 3. The number of halogens is 1. The maximum atomic E-state index is 10.00. The standard InChI is InChI=1S/C12H15ClN2O2/c1-8(2)15-5-3-9(14-15)7-11(16)10-4-6-17-12(10)13/h3-6,8,11,16H,7H2,1-2H3. The van der Waals surface area contributed by atoms with E-state index in [2.05, 4.69) is 18.9 Å². The van der Waals surface area contributed by atoms with Crippen LogP contribution < -0.4 is 0 Å². The summed E-state index contributed by atoms with van der Waals surface area (Å²) in [7, 11) is 0. The van der Waals surface area contributed by atoms with Crippen LogP contribution in [-0.2, 0) is 6.42 Å². The summed E-state index contributed by atoms with van der Waals surface area (Å²) in [6.07, 6.45) is 3.12. The van der Waals surface area contributed by atoms with Crippen LogP contribution >= 0.6 is 11.6 Å². The Morgan fingerprint density at radius 1 is 1.47 bits per heavy atom. The summed E-state index contributed by atoms with van der Waals surface area (Å²) in [5.74, 6) is 0. The molecule has 0 fully saturated rings. The molecule has 2 aromatic rings. The minimum Gasteiger partial charge on any atom is -0.453 e. The second kappa shape index (κ2) is 4.94. The van der Waals surface area contributed by atoms with Gasteiger partial charge in [-0.2, -0.15) is 5.10 Å². The lowest BCUT2D eigenvalue weighted by Crippen LogP contribution is -2.05. The van der Waals surface area contributed by atoms with Crippen LogP contribution in [0.2, 0.25) is 5.22 Å². The molecule has 5 heteroatoms. The average molecular weight is 255 g/mol. The topological polar surface area (TPSA) is 51.2 Å². The molecule has 2 aromatic heterocycles. The summed E-state index contributed by atoms with van der Waals surface area (Å²) < 4.78 is 6.81. The molecule has 17 heavy (non-hydrogen) atoms. The molecule has 92 valence electrons. The van der Waals surface area contributed by atoms with Gasteiger partial charge >= 0.3 is 0 Å². The van der Waals surface area contributed by atoms with E-state index in [1.165, 1.54) is 6.26 Å². The summed E-state index contributed by atoms with van der Waals surface area (Å²) in [6.45, 7) is 4.11. The monoisotopic (exact) mass is 254 g/mol. The van der Waals surface area contributed by atoms with Crippen LogP contribution in [0.25, 0.3) is 0 Å². The van der Waals surface area contributed by atoms with Crippen LogP contribution in [0.15, 0.2) is 29.0 Å². The van der Waals surface area contributed by atoms with Gasteiger partial charge in [-0.15, -0.1) is 0 Å². The van der Waals surface area contributed by atoms with Gasteiger partial charge in [0.25, 0.3) is 0 Å². The van der Waals surface area contributed by atoms with Crippen molar-refractivity contribution in [2.45, 2.75) is 32.4 Å². The fraction of sp³-hybridized carbons (Fsp3) is 0.417. The lowest BCUT2D eigenvalue weighted by Gasteiger charge is -2.07. The molecule has 0 saturated heterocycles. The van der Waals surface area contributed by atoms with Gasteiger partial charge < -0.3 is 9.52 Å². The van der Waals surface area contributed by atoms with Crippen LogP contribution in [0.3, 0.4) is 0 Å². The Hall–Kier alpha value is -1.26. The average Bonchev–Trinajstić information content (AvgIpc) is 2.86. The number of nitrogens with zero attached hydrogens (tertiary/aromatic N) is 2. The third-order valence-electron chi connectivity index (χ3n) is 2.60. The fourth-order valence-electron chi connectivity index (χ4n) is 1.62. The van der Waals surface area contributed by atoms with Crippen LogP contribution in [-0.4, -0.2) is 14.9 Å². The highest BCUT2D eigenvalue weighted by atomic mass is 35.5. The first-order chi connectivity index (χ1) is 8.08. The first-order valence-corrected chi connectivity index (χ1v) is 5.90. The van der Waals surface area contributed by atoms with Crippen LogP contribution in [0.5, 0.6) is 0 Å². The molecule has 1 unspecified atom stereocenters. The Morgan fingerprint density at radius 2 is 2.24 bits per heavy atom. The Balaban J connectivity index is 2.08. The van der Waals surface area contributed by atoms with Crippen molar-refractivity contribution >= 4 is 11.6 Å². The van der Waals surface area contributed by atoms with Gasteiger partial charge in [-0.3, -0.25) is 4.68 Å². The van der Waals surface area contributed by atoms with Crippen molar-refractivity contribution in [3.63, 3.8) is 0 Å². The third kappa shape index (κ3) is 2.70. The normalized spacial score (nSPS) is 13.2. The molecule has 0 bridgehead atoms. The fourth-order valence-corrected chi connectivity index (χ4v) is 1.86. The summed E-state index contributed by atoms with van der Waals surface area (Å²) >= 11 is 5.80. The molecule has 0 aromatic carbocycles. The van der Waals surface area contributed by atoms with E-state index >= 15 is 0 Å². The largest absolute Gasteiger partial charge is 0.453 e. The molecule has 0 aliphatic carbocycles. The number of furan rings is 1. The van der Waals surface area contributed by atoms with Crippen molar-refractivity contribution in [2.24, 2.45) is 0 Å². The molecule has 1 N–H and O–H groups in total. The predicted molar refractivity (Wildman–Crippen MR) is 65.0 cm³/mol. The third-order valence-corrected chi connectivity index (χ3v) is 2.91. The Labute approximate surface area is 105 Å². The van der Waals surface area contributed by atoms with Gasteiger partial charge in [-0.25, -0.2) is 0 Å². The molecule has 0 radical (unpaired) electrons. The van der Waals surface area contributed by atoms with E-state index in [1.54, 1.807) is 6.07 Å². The second-order valence-corrected chi connectivity index (χ2v) is 4.59. The maximum Gasteiger partial charge on any atom is 0.198 e. The van der Waals surface area contributed by atoms with E-state index in [1.807, 2.05) is 16.9 Å². The zero-order valence-electron chi connectivity index (χ0n) is 9.80. The van der Waals surface area contributed by atoms with Crippen molar-refractivity contribution in [3.05, 3.63) is 41.1 Å². The summed E-state index contributed by atoms with van der Waals surface area (Å²) in [4.78, 5) is 0. The molecule has 2 rings (SSSR count). The summed E-state index contributed by atoms with van der Waals surface area (Å²) in [6, 6.07) is 3.89. The highest BCUT2D eigenvalue weighted by molar-refractivity contribution is 6.29. The van der Waals surface area contributed by atoms with Crippen LogP contribution in [0.1, 0.15) is 37.3 Å². The Bertz CT molecular complexity index is 490. The van der Waals surface area contributed by atoms with E-state index in [0.717, 1.165) is 5.69 Å². The smallest absolute Gasteiger partial charge is 0.198 e. The van der Waals surface area contributed by atoms with Crippen molar-refractivity contribution in [1.29, 1.82) is 0 Å². The molecular formula is C12H15ClN2O2. The van der Waals surface area contributed by atoms with Crippen molar-refractivity contribution in [2.75, 3.05) is 0 Å². The van der Waals surface area contributed by atoms with Crippen molar-refractivity contribution in [3.8, 4) is 0 Å². The molecule has 0 saturated carbocycles. The van der Waals surface area contributed by atoms with Crippen molar-refractivity contribution in [1.82, 2.24) is 9.78 Å². The van der Waals surface area contributed by atoms with E-state index in [4.69, 9.17) is 16.0 Å². The minimum absolute atomic E-state index is 0.237. The first-order valence-electron chi connectivity index (χ1n) is 5.53. The SMILES string of the molecule is CC(C)n1ccc(CC(O)c2ccoc2Cl)n1.